The lowest BCUT2D eigenvalue weighted by atomic mass is 10.1. The van der Waals surface area contributed by atoms with Crippen molar-refractivity contribution in [3.05, 3.63) is 44.9 Å². The van der Waals surface area contributed by atoms with E-state index in [1.807, 2.05) is 18.3 Å². The molecule has 0 N–H and O–H groups in total. The zero-order chi connectivity index (χ0) is 12.5. The lowest BCUT2D eigenvalue weighted by Gasteiger charge is -1.99. The van der Waals surface area contributed by atoms with Gasteiger partial charge in [-0.1, -0.05) is 11.6 Å². The second-order valence-electron chi connectivity index (χ2n) is 4.71. The molecule has 3 rings (SSSR count). The number of aryl methyl sites for hydroxylation is 1. The van der Waals surface area contributed by atoms with Crippen LogP contribution < -0.4 is 0 Å². The van der Waals surface area contributed by atoms with Crippen LogP contribution in [0.3, 0.4) is 0 Å². The third-order valence-corrected chi connectivity index (χ3v) is 4.55. The predicted molar refractivity (Wildman–Crippen MR) is 74.7 cm³/mol. The molecule has 18 heavy (non-hydrogen) atoms. The molecule has 4 heteroatoms. The Morgan fingerprint density at radius 1 is 1.22 bits per heavy atom. The van der Waals surface area contributed by atoms with Gasteiger partial charge < -0.3 is 4.57 Å². The number of fused-ring (bicyclic) bond motifs is 1. The summed E-state index contributed by atoms with van der Waals surface area (Å²) in [7, 11) is 0. The van der Waals surface area contributed by atoms with E-state index in [1.54, 1.807) is 11.3 Å². The molecule has 0 spiro atoms. The molecule has 0 fully saturated rings. The molecule has 1 aliphatic carbocycles. The number of carbonyl (C=O) groups excluding carboxylic acids is 1. The van der Waals surface area contributed by atoms with Gasteiger partial charge in [-0.3, -0.25) is 4.79 Å². The van der Waals surface area contributed by atoms with Crippen LogP contribution in [0.5, 0.6) is 0 Å². The molecule has 0 radical (unpaired) electrons. The van der Waals surface area contributed by atoms with Gasteiger partial charge in [0.15, 0.2) is 5.78 Å². The fraction of sp³-hybridized carbons (Fsp3) is 0.357. The summed E-state index contributed by atoms with van der Waals surface area (Å²) >= 11 is 7.52. The largest absolute Gasteiger partial charge is 0.348 e. The van der Waals surface area contributed by atoms with E-state index in [0.717, 1.165) is 35.7 Å². The van der Waals surface area contributed by atoms with Crippen molar-refractivity contribution in [2.24, 2.45) is 0 Å². The number of rotatable bonds is 2. The maximum absolute atomic E-state index is 11.9. The highest BCUT2D eigenvalue weighted by molar-refractivity contribution is 7.16. The molecule has 0 unspecified atom stereocenters. The van der Waals surface area contributed by atoms with Crippen molar-refractivity contribution in [2.45, 2.75) is 32.2 Å². The molecule has 2 aromatic rings. The maximum Gasteiger partial charge on any atom is 0.164 e. The number of carbonyl (C=O) groups is 1. The van der Waals surface area contributed by atoms with Crippen molar-refractivity contribution in [2.75, 3.05) is 0 Å². The van der Waals surface area contributed by atoms with E-state index in [2.05, 4.69) is 10.8 Å². The van der Waals surface area contributed by atoms with Crippen molar-refractivity contribution in [3.8, 4) is 0 Å². The SMILES string of the molecule is O=C1CCCCc2cn(Cc3ccc(Cl)s3)cc21. The zero-order valence-corrected chi connectivity index (χ0v) is 11.6. The second-order valence-corrected chi connectivity index (χ2v) is 6.51. The van der Waals surface area contributed by atoms with E-state index in [9.17, 15) is 4.79 Å². The molecule has 0 amide bonds. The van der Waals surface area contributed by atoms with Gasteiger partial charge in [-0.15, -0.1) is 11.3 Å². The number of halogens is 1. The predicted octanol–water partition coefficient (Wildman–Crippen LogP) is 4.16. The molecule has 2 heterocycles. The minimum Gasteiger partial charge on any atom is -0.348 e. The number of hydrogen-bond donors (Lipinski definition) is 0. The van der Waals surface area contributed by atoms with Crippen molar-refractivity contribution < 1.29 is 4.79 Å². The van der Waals surface area contributed by atoms with Crippen LogP contribution in [0, 0.1) is 0 Å². The smallest absolute Gasteiger partial charge is 0.164 e. The molecule has 0 bridgehead atoms. The molecule has 0 aromatic carbocycles. The first-order valence-corrected chi connectivity index (χ1v) is 7.38. The Balaban J connectivity index is 1.86. The molecule has 2 nitrogen and oxygen atoms in total. The van der Waals surface area contributed by atoms with Gasteiger partial charge in [-0.25, -0.2) is 0 Å². The molecule has 0 atom stereocenters. The molecular formula is C14H14ClNOS. The number of Topliss-reactive ketones (excluding diaryl/α,β-unsaturated/α-hetero) is 1. The van der Waals surface area contributed by atoms with Gasteiger partial charge in [0.05, 0.1) is 10.9 Å². The Bertz CT molecular complexity index is 584. The first-order valence-electron chi connectivity index (χ1n) is 6.18. The average molecular weight is 280 g/mol. The van der Waals surface area contributed by atoms with Crippen molar-refractivity contribution in [3.63, 3.8) is 0 Å². The van der Waals surface area contributed by atoms with E-state index in [1.165, 1.54) is 10.4 Å². The third kappa shape index (κ3) is 2.38. The van der Waals surface area contributed by atoms with Crippen molar-refractivity contribution in [1.82, 2.24) is 4.57 Å². The maximum atomic E-state index is 11.9. The summed E-state index contributed by atoms with van der Waals surface area (Å²) in [5.74, 6) is 0.297. The Morgan fingerprint density at radius 2 is 2.06 bits per heavy atom. The molecule has 0 saturated heterocycles. The van der Waals surface area contributed by atoms with E-state index in [4.69, 9.17) is 11.6 Å². The lowest BCUT2D eigenvalue weighted by molar-refractivity contribution is 0.0982. The first-order chi connectivity index (χ1) is 8.72. The summed E-state index contributed by atoms with van der Waals surface area (Å²) in [6, 6.07) is 3.96. The van der Waals surface area contributed by atoms with Crippen LogP contribution in [0.1, 0.15) is 40.1 Å². The lowest BCUT2D eigenvalue weighted by Crippen LogP contribution is -1.97. The minimum atomic E-state index is 0.297. The highest BCUT2D eigenvalue weighted by atomic mass is 35.5. The Morgan fingerprint density at radius 3 is 2.83 bits per heavy atom. The molecule has 0 saturated carbocycles. The van der Waals surface area contributed by atoms with Gasteiger partial charge in [-0.05, 0) is 37.0 Å². The van der Waals surface area contributed by atoms with Crippen LogP contribution >= 0.6 is 22.9 Å². The van der Waals surface area contributed by atoms with Gasteiger partial charge in [-0.2, -0.15) is 0 Å². The summed E-state index contributed by atoms with van der Waals surface area (Å²) in [5.41, 5.74) is 2.13. The van der Waals surface area contributed by atoms with Gasteiger partial charge in [0.2, 0.25) is 0 Å². The number of ketones is 1. The van der Waals surface area contributed by atoms with E-state index < -0.39 is 0 Å². The van der Waals surface area contributed by atoms with Gasteiger partial charge in [0, 0.05) is 29.3 Å². The number of aromatic nitrogens is 1. The summed E-state index contributed by atoms with van der Waals surface area (Å²) in [6.07, 6.45) is 7.98. The fourth-order valence-corrected chi connectivity index (χ4v) is 3.55. The summed E-state index contributed by atoms with van der Waals surface area (Å²) in [6.45, 7) is 0.803. The van der Waals surface area contributed by atoms with Crippen molar-refractivity contribution in [1.29, 1.82) is 0 Å². The van der Waals surface area contributed by atoms with Gasteiger partial charge in [0.1, 0.15) is 0 Å². The second kappa shape index (κ2) is 4.90. The summed E-state index contributed by atoms with van der Waals surface area (Å²) < 4.78 is 2.92. The minimum absolute atomic E-state index is 0.297. The molecule has 94 valence electrons. The number of nitrogens with zero attached hydrogens (tertiary/aromatic N) is 1. The van der Waals surface area contributed by atoms with Gasteiger partial charge >= 0.3 is 0 Å². The molecule has 0 aliphatic heterocycles. The zero-order valence-electron chi connectivity index (χ0n) is 9.99. The highest BCUT2D eigenvalue weighted by Crippen LogP contribution is 2.25. The molecular weight excluding hydrogens is 266 g/mol. The average Bonchev–Trinajstić information content (AvgIpc) is 2.88. The van der Waals surface area contributed by atoms with Crippen LogP contribution in [-0.2, 0) is 13.0 Å². The third-order valence-electron chi connectivity index (χ3n) is 3.33. The Kier molecular flexibility index (Phi) is 3.27. The van der Waals surface area contributed by atoms with Crippen LogP contribution in [0.25, 0.3) is 0 Å². The first kappa shape index (κ1) is 12.0. The number of hydrogen-bond acceptors (Lipinski definition) is 2. The van der Waals surface area contributed by atoms with Crippen LogP contribution in [0.15, 0.2) is 24.5 Å². The van der Waals surface area contributed by atoms with Crippen molar-refractivity contribution >= 4 is 28.7 Å². The normalized spacial score (nSPS) is 15.5. The topological polar surface area (TPSA) is 22.0 Å². The standard InChI is InChI=1S/C14H14ClNOS/c15-14-6-5-11(18-14)8-16-7-10-3-1-2-4-13(17)12(10)9-16/h5-7,9H,1-4,8H2. The van der Waals surface area contributed by atoms with Gasteiger partial charge in [0.25, 0.3) is 0 Å². The summed E-state index contributed by atoms with van der Waals surface area (Å²) in [4.78, 5) is 13.2. The van der Waals surface area contributed by atoms with E-state index >= 15 is 0 Å². The van der Waals surface area contributed by atoms with Crippen LogP contribution in [-0.4, -0.2) is 10.4 Å². The Labute approximate surface area is 115 Å². The van der Waals surface area contributed by atoms with E-state index in [0.29, 0.717) is 12.2 Å². The van der Waals surface area contributed by atoms with E-state index in [-0.39, 0.29) is 0 Å². The monoisotopic (exact) mass is 279 g/mol. The molecule has 1 aliphatic rings. The summed E-state index contributed by atoms with van der Waals surface area (Å²) in [5, 5.41) is 0. The number of thiophene rings is 1. The van der Waals surface area contributed by atoms with Crippen LogP contribution in [0.2, 0.25) is 4.34 Å². The van der Waals surface area contributed by atoms with Crippen LogP contribution in [0.4, 0.5) is 0 Å². The fourth-order valence-electron chi connectivity index (χ4n) is 2.45. The quantitative estimate of drug-likeness (QED) is 0.757. The highest BCUT2D eigenvalue weighted by Gasteiger charge is 2.17. The molecule has 2 aromatic heterocycles. The Hall–Kier alpha value is -1.06.